The van der Waals surface area contributed by atoms with Crippen molar-refractivity contribution in [2.75, 3.05) is 5.73 Å². The largest absolute Gasteiger partial charge is 0.398 e. The molecule has 3 aromatic rings. The molecule has 0 spiro atoms. The number of halogens is 2. The lowest BCUT2D eigenvalue weighted by Crippen LogP contribution is -2.31. The number of nitrogens with two attached hydrogens (primary N) is 1. The average molecular weight is 392 g/mol. The lowest BCUT2D eigenvalue weighted by atomic mass is 9.92. The molecule has 0 bridgehead atoms. The number of aliphatic hydroxyl groups is 3. The quantitative estimate of drug-likeness (QED) is 0.549. The van der Waals surface area contributed by atoms with Crippen molar-refractivity contribution in [2.24, 2.45) is 5.92 Å². The fraction of sp³-hybridized carbons (Fsp3) is 0.316. The number of hydrogen-bond acceptors (Lipinski definition) is 5. The zero-order chi connectivity index (χ0) is 19.3. The van der Waals surface area contributed by atoms with E-state index in [-0.39, 0.29) is 11.4 Å². The third-order valence-electron chi connectivity index (χ3n) is 5.39. The van der Waals surface area contributed by atoms with E-state index < -0.39 is 36.1 Å². The van der Waals surface area contributed by atoms with Gasteiger partial charge in [-0.15, -0.1) is 0 Å². The summed E-state index contributed by atoms with van der Waals surface area (Å²) in [4.78, 5) is 4.32. The lowest BCUT2D eigenvalue weighted by Gasteiger charge is -2.22. The summed E-state index contributed by atoms with van der Waals surface area (Å²) in [5.41, 5.74) is 7.42. The Labute approximate surface area is 159 Å². The van der Waals surface area contributed by atoms with Crippen LogP contribution in [0.4, 0.5) is 10.1 Å². The van der Waals surface area contributed by atoms with Crippen molar-refractivity contribution in [3.05, 3.63) is 59.1 Å². The van der Waals surface area contributed by atoms with E-state index in [0.29, 0.717) is 16.9 Å². The van der Waals surface area contributed by atoms with Gasteiger partial charge < -0.3 is 25.6 Å². The normalized spacial score (nSPS) is 26.6. The van der Waals surface area contributed by atoms with E-state index in [0.717, 1.165) is 11.5 Å². The Morgan fingerprint density at radius 1 is 1.22 bits per heavy atom. The van der Waals surface area contributed by atoms with E-state index >= 15 is 0 Å². The number of fused-ring (bicyclic) bond motifs is 1. The SMILES string of the molecule is Nc1ccnc2c1ccn2C1CC(C(O)c2ccc(Cl)c(F)c2)[C@@H](O)[C@H]1O. The number of rotatable bonds is 3. The van der Waals surface area contributed by atoms with Crippen molar-refractivity contribution < 1.29 is 19.7 Å². The summed E-state index contributed by atoms with van der Waals surface area (Å²) >= 11 is 5.69. The van der Waals surface area contributed by atoms with Gasteiger partial charge in [0.1, 0.15) is 17.6 Å². The molecular weight excluding hydrogens is 373 g/mol. The fourth-order valence-electron chi connectivity index (χ4n) is 3.92. The summed E-state index contributed by atoms with van der Waals surface area (Å²) in [6, 6.07) is 7.01. The van der Waals surface area contributed by atoms with Crippen LogP contribution in [0.1, 0.15) is 24.1 Å². The van der Waals surface area contributed by atoms with Crippen molar-refractivity contribution in [2.45, 2.75) is 30.8 Å². The number of aliphatic hydroxyl groups excluding tert-OH is 3. The topological polar surface area (TPSA) is 105 Å². The molecule has 1 saturated carbocycles. The molecule has 4 rings (SSSR count). The molecule has 1 aliphatic carbocycles. The summed E-state index contributed by atoms with van der Waals surface area (Å²) in [6.07, 6.45) is 0.183. The Morgan fingerprint density at radius 3 is 2.74 bits per heavy atom. The second-order valence-electron chi connectivity index (χ2n) is 6.93. The predicted molar refractivity (Wildman–Crippen MR) is 99.7 cm³/mol. The van der Waals surface area contributed by atoms with Crippen LogP contribution in [-0.4, -0.2) is 37.1 Å². The van der Waals surface area contributed by atoms with Crippen LogP contribution in [0.25, 0.3) is 11.0 Å². The smallest absolute Gasteiger partial charge is 0.142 e. The van der Waals surface area contributed by atoms with Crippen molar-refractivity contribution in [3.63, 3.8) is 0 Å². The van der Waals surface area contributed by atoms with Crippen molar-refractivity contribution in [1.29, 1.82) is 0 Å². The van der Waals surface area contributed by atoms with Crippen LogP contribution >= 0.6 is 11.6 Å². The number of hydrogen-bond donors (Lipinski definition) is 4. The number of nitrogen functional groups attached to an aromatic ring is 1. The molecule has 27 heavy (non-hydrogen) atoms. The first-order valence-corrected chi connectivity index (χ1v) is 8.96. The van der Waals surface area contributed by atoms with Crippen LogP contribution in [0.2, 0.25) is 5.02 Å². The minimum Gasteiger partial charge on any atom is -0.398 e. The van der Waals surface area contributed by atoms with E-state index in [1.807, 2.05) is 0 Å². The van der Waals surface area contributed by atoms with E-state index in [1.165, 1.54) is 12.1 Å². The third kappa shape index (κ3) is 2.96. The van der Waals surface area contributed by atoms with Crippen LogP contribution in [0.15, 0.2) is 42.7 Å². The Morgan fingerprint density at radius 2 is 2.00 bits per heavy atom. The first kappa shape index (κ1) is 18.2. The van der Waals surface area contributed by atoms with Gasteiger partial charge in [0.25, 0.3) is 0 Å². The highest BCUT2D eigenvalue weighted by atomic mass is 35.5. The standard InChI is InChI=1S/C19H19ClFN3O3/c20-12-2-1-9(7-13(12)21)16(25)11-8-15(18(27)17(11)26)24-6-4-10-14(22)3-5-23-19(10)24/h1-7,11,15-18,25-27H,8H2,(H2,22,23)/t11?,15?,16?,17-,18+/m1/s1. The van der Waals surface area contributed by atoms with Crippen LogP contribution in [-0.2, 0) is 0 Å². The molecule has 2 aromatic heterocycles. The minimum atomic E-state index is -1.18. The molecule has 1 aliphatic rings. The van der Waals surface area contributed by atoms with Crippen LogP contribution in [0, 0.1) is 11.7 Å². The molecule has 0 saturated heterocycles. The highest BCUT2D eigenvalue weighted by molar-refractivity contribution is 6.30. The van der Waals surface area contributed by atoms with E-state index in [9.17, 15) is 19.7 Å². The summed E-state index contributed by atoms with van der Waals surface area (Å²) < 4.78 is 15.5. The van der Waals surface area contributed by atoms with Gasteiger partial charge in [-0.3, -0.25) is 0 Å². The second kappa shape index (κ2) is 6.76. The van der Waals surface area contributed by atoms with Gasteiger partial charge in [-0.2, -0.15) is 0 Å². The average Bonchev–Trinajstić information content (AvgIpc) is 3.20. The first-order valence-electron chi connectivity index (χ1n) is 8.58. The van der Waals surface area contributed by atoms with Crippen LogP contribution in [0.5, 0.6) is 0 Å². The molecule has 0 radical (unpaired) electrons. The molecule has 5 N–H and O–H groups in total. The third-order valence-corrected chi connectivity index (χ3v) is 5.70. The maximum atomic E-state index is 13.7. The van der Waals surface area contributed by atoms with Gasteiger partial charge in [0.2, 0.25) is 0 Å². The van der Waals surface area contributed by atoms with E-state index in [4.69, 9.17) is 17.3 Å². The molecule has 1 fully saturated rings. The summed E-state index contributed by atoms with van der Waals surface area (Å²) in [5.74, 6) is -1.32. The highest BCUT2D eigenvalue weighted by Gasteiger charge is 2.46. The number of anilines is 1. The zero-order valence-electron chi connectivity index (χ0n) is 14.2. The molecule has 8 heteroatoms. The summed E-state index contributed by atoms with van der Waals surface area (Å²) in [5, 5.41) is 32.5. The molecule has 2 heterocycles. The van der Waals surface area contributed by atoms with Crippen LogP contribution in [0.3, 0.4) is 0 Å². The van der Waals surface area contributed by atoms with Gasteiger partial charge in [0, 0.05) is 29.4 Å². The molecule has 142 valence electrons. The minimum absolute atomic E-state index is 0.0432. The van der Waals surface area contributed by atoms with E-state index in [2.05, 4.69) is 4.98 Å². The lowest BCUT2D eigenvalue weighted by molar-refractivity contribution is -0.0265. The van der Waals surface area contributed by atoms with Crippen molar-refractivity contribution in [3.8, 4) is 0 Å². The molecule has 3 unspecified atom stereocenters. The van der Waals surface area contributed by atoms with Crippen LogP contribution < -0.4 is 5.73 Å². The zero-order valence-corrected chi connectivity index (χ0v) is 15.0. The number of benzene rings is 1. The summed E-state index contributed by atoms with van der Waals surface area (Å²) in [6.45, 7) is 0. The number of aromatic nitrogens is 2. The molecule has 0 amide bonds. The Hall–Kier alpha value is -2.19. The predicted octanol–water partition coefficient (Wildman–Crippen LogP) is 2.43. The maximum absolute atomic E-state index is 13.7. The van der Waals surface area contributed by atoms with Crippen molar-refractivity contribution >= 4 is 28.3 Å². The van der Waals surface area contributed by atoms with E-state index in [1.54, 1.807) is 29.1 Å². The van der Waals surface area contributed by atoms with Gasteiger partial charge >= 0.3 is 0 Å². The Bertz CT molecular complexity index is 995. The molecule has 0 aliphatic heterocycles. The van der Waals surface area contributed by atoms with Gasteiger partial charge in [-0.25, -0.2) is 9.37 Å². The first-order chi connectivity index (χ1) is 12.9. The monoisotopic (exact) mass is 391 g/mol. The van der Waals surface area contributed by atoms with Gasteiger partial charge in [-0.1, -0.05) is 17.7 Å². The molecule has 1 aromatic carbocycles. The second-order valence-corrected chi connectivity index (χ2v) is 7.33. The number of nitrogens with zero attached hydrogens (tertiary/aromatic N) is 2. The van der Waals surface area contributed by atoms with Gasteiger partial charge in [0.15, 0.2) is 0 Å². The fourth-order valence-corrected chi connectivity index (χ4v) is 4.04. The Kier molecular flexibility index (Phi) is 4.55. The summed E-state index contributed by atoms with van der Waals surface area (Å²) in [7, 11) is 0. The van der Waals surface area contributed by atoms with Gasteiger partial charge in [0.05, 0.1) is 23.3 Å². The van der Waals surface area contributed by atoms with Crippen molar-refractivity contribution in [1.82, 2.24) is 9.55 Å². The van der Waals surface area contributed by atoms with Gasteiger partial charge in [-0.05, 0) is 36.2 Å². The molecule has 5 atom stereocenters. The maximum Gasteiger partial charge on any atom is 0.142 e. The number of pyridine rings is 1. The molecule has 6 nitrogen and oxygen atoms in total. The Balaban J connectivity index is 1.66. The molecular formula is C19H19ClFN3O3. The highest BCUT2D eigenvalue weighted by Crippen LogP contribution is 2.43.